The molecule has 0 amide bonds. The first-order valence-corrected chi connectivity index (χ1v) is 12.2. The lowest BCUT2D eigenvalue weighted by molar-refractivity contribution is 0.107. The number of nitrogens with one attached hydrogen (secondary N) is 1. The summed E-state index contributed by atoms with van der Waals surface area (Å²) in [6.45, 7) is 4.48. The molecule has 3 fully saturated rings. The van der Waals surface area contributed by atoms with Gasteiger partial charge in [0.2, 0.25) is 0 Å². The minimum Gasteiger partial charge on any atom is -0.361 e. The fraction of sp³-hybridized carbons (Fsp3) is 0.538. The first-order chi connectivity index (χ1) is 15.6. The zero-order chi connectivity index (χ0) is 21.8. The van der Waals surface area contributed by atoms with Gasteiger partial charge in [0.1, 0.15) is 11.3 Å². The van der Waals surface area contributed by atoms with Crippen molar-refractivity contribution in [1.29, 1.82) is 0 Å². The lowest BCUT2D eigenvalue weighted by Gasteiger charge is -2.41. The van der Waals surface area contributed by atoms with Crippen LogP contribution < -0.4 is 4.90 Å². The van der Waals surface area contributed by atoms with Crippen molar-refractivity contribution in [3.8, 4) is 0 Å². The molecule has 1 aromatic carbocycles. The molecular formula is C26H34N6. The third-order valence-corrected chi connectivity index (χ3v) is 8.07. The number of anilines is 1. The maximum Gasteiger partial charge on any atom is 0.124 e. The van der Waals surface area contributed by atoms with Gasteiger partial charge in [-0.3, -0.25) is 9.88 Å². The smallest absolute Gasteiger partial charge is 0.124 e. The number of hydrogen-bond acceptors (Lipinski definition) is 5. The molecule has 3 saturated heterocycles. The van der Waals surface area contributed by atoms with Gasteiger partial charge in [0.15, 0.2) is 0 Å². The van der Waals surface area contributed by atoms with Crippen molar-refractivity contribution in [1.82, 2.24) is 24.8 Å². The number of likely N-dealkylation sites (tertiary alicyclic amines) is 2. The molecule has 168 valence electrons. The van der Waals surface area contributed by atoms with E-state index < -0.39 is 0 Å². The lowest BCUT2D eigenvalue weighted by Crippen LogP contribution is -2.52. The van der Waals surface area contributed by atoms with Crippen molar-refractivity contribution in [3.05, 3.63) is 53.6 Å². The van der Waals surface area contributed by atoms with E-state index in [2.05, 4.69) is 65.0 Å². The topological polar surface area (TPSA) is 51.3 Å². The highest BCUT2D eigenvalue weighted by molar-refractivity contribution is 5.89. The Hall–Kier alpha value is -2.44. The molecule has 2 unspecified atom stereocenters. The summed E-state index contributed by atoms with van der Waals surface area (Å²) >= 11 is 0. The number of pyridine rings is 1. The highest BCUT2D eigenvalue weighted by atomic mass is 15.3. The second-order valence-corrected chi connectivity index (χ2v) is 10.1. The molecule has 3 aliphatic heterocycles. The van der Waals surface area contributed by atoms with Gasteiger partial charge in [-0.2, -0.15) is 0 Å². The molecule has 3 aliphatic rings. The molecule has 0 spiro atoms. The van der Waals surface area contributed by atoms with E-state index >= 15 is 0 Å². The number of piperazine rings is 1. The van der Waals surface area contributed by atoms with Crippen molar-refractivity contribution in [3.63, 3.8) is 0 Å². The molecule has 1 N–H and O–H groups in total. The molecule has 4 atom stereocenters. The Morgan fingerprint density at radius 2 is 1.72 bits per heavy atom. The molecule has 2 bridgehead atoms. The summed E-state index contributed by atoms with van der Waals surface area (Å²) in [4.78, 5) is 21.4. The zero-order valence-electron chi connectivity index (χ0n) is 19.5. The van der Waals surface area contributed by atoms with Crippen molar-refractivity contribution in [2.75, 3.05) is 32.1 Å². The van der Waals surface area contributed by atoms with Crippen LogP contribution in [0.15, 0.2) is 36.5 Å². The van der Waals surface area contributed by atoms with Gasteiger partial charge in [0.05, 0.1) is 29.0 Å². The quantitative estimate of drug-likeness (QED) is 0.665. The maximum absolute atomic E-state index is 5.26. The first-order valence-electron chi connectivity index (χ1n) is 12.2. The summed E-state index contributed by atoms with van der Waals surface area (Å²) in [5, 5.41) is 0. The lowest BCUT2D eigenvalue weighted by atomic mass is 9.92. The Labute approximate surface area is 190 Å². The number of hydrogen-bond donors (Lipinski definition) is 1. The van der Waals surface area contributed by atoms with E-state index in [1.807, 2.05) is 12.3 Å². The summed E-state index contributed by atoms with van der Waals surface area (Å²) in [5.41, 5.74) is 6.13. The van der Waals surface area contributed by atoms with E-state index in [-0.39, 0.29) is 0 Å². The number of nitrogens with zero attached hydrogens (tertiary/aromatic N) is 5. The van der Waals surface area contributed by atoms with Crippen LogP contribution in [0, 0.1) is 6.92 Å². The summed E-state index contributed by atoms with van der Waals surface area (Å²) in [7, 11) is 4.51. The van der Waals surface area contributed by atoms with E-state index in [0.29, 0.717) is 24.2 Å². The fourth-order valence-electron chi connectivity index (χ4n) is 6.54. The second kappa shape index (κ2) is 7.85. The number of rotatable bonds is 3. The van der Waals surface area contributed by atoms with Gasteiger partial charge < -0.3 is 14.8 Å². The number of imidazole rings is 1. The SMILES string of the molecule is Cc1cccnc1[C@@H]1CCC[C@H](c2nc3c(N4C5CCC4CN(C)C5)cccc3[nH]2)N1C. The van der Waals surface area contributed by atoms with E-state index in [9.17, 15) is 0 Å². The second-order valence-electron chi connectivity index (χ2n) is 10.1. The van der Waals surface area contributed by atoms with Crippen LogP contribution in [-0.2, 0) is 0 Å². The van der Waals surface area contributed by atoms with E-state index in [1.165, 1.54) is 41.7 Å². The summed E-state index contributed by atoms with van der Waals surface area (Å²) in [5.74, 6) is 1.11. The van der Waals surface area contributed by atoms with Crippen LogP contribution in [0.1, 0.15) is 61.3 Å². The van der Waals surface area contributed by atoms with Crippen LogP contribution in [0.4, 0.5) is 5.69 Å². The minimum atomic E-state index is 0.291. The van der Waals surface area contributed by atoms with Gasteiger partial charge in [-0.05, 0) is 76.9 Å². The van der Waals surface area contributed by atoms with E-state index in [0.717, 1.165) is 37.3 Å². The molecular weight excluding hydrogens is 396 g/mol. The van der Waals surface area contributed by atoms with Gasteiger partial charge in [-0.1, -0.05) is 12.1 Å². The molecule has 3 aromatic rings. The average molecular weight is 431 g/mol. The number of benzene rings is 1. The molecule has 6 nitrogen and oxygen atoms in total. The third kappa shape index (κ3) is 3.23. The van der Waals surface area contributed by atoms with Crippen LogP contribution in [0.2, 0.25) is 0 Å². The van der Waals surface area contributed by atoms with Gasteiger partial charge in [0, 0.05) is 31.4 Å². The molecule has 5 heterocycles. The molecule has 6 heteroatoms. The molecule has 6 rings (SSSR count). The highest BCUT2D eigenvalue weighted by Crippen LogP contribution is 2.42. The van der Waals surface area contributed by atoms with Crippen LogP contribution >= 0.6 is 0 Å². The highest BCUT2D eigenvalue weighted by Gasteiger charge is 2.40. The number of aromatic amines is 1. The maximum atomic E-state index is 5.26. The third-order valence-electron chi connectivity index (χ3n) is 8.07. The number of H-pyrrole nitrogens is 1. The number of aromatic nitrogens is 3. The standard InChI is InChI=1S/C26H34N6/c1-17-7-6-14-27-24(17)21-9-5-11-23(31(21)3)26-28-20-8-4-10-22(25(20)29-26)32-18-12-13-19(32)16-30(2)15-18/h4,6-8,10,14,18-19,21,23H,5,9,11-13,15-16H2,1-3H3,(H,28,29)/t18?,19?,21-,23+/m0/s1. The Bertz CT molecular complexity index is 1110. The number of aryl methyl sites for hydroxylation is 1. The van der Waals surface area contributed by atoms with Crippen LogP contribution in [0.5, 0.6) is 0 Å². The molecule has 0 radical (unpaired) electrons. The van der Waals surface area contributed by atoms with Crippen molar-refractivity contribution in [2.24, 2.45) is 0 Å². The Kier molecular flexibility index (Phi) is 4.95. The van der Waals surface area contributed by atoms with Crippen molar-refractivity contribution >= 4 is 16.7 Å². The van der Waals surface area contributed by atoms with E-state index in [4.69, 9.17) is 9.97 Å². The predicted molar refractivity (Wildman–Crippen MR) is 129 cm³/mol. The molecule has 32 heavy (non-hydrogen) atoms. The fourth-order valence-corrected chi connectivity index (χ4v) is 6.54. The largest absolute Gasteiger partial charge is 0.361 e. The molecule has 0 saturated carbocycles. The van der Waals surface area contributed by atoms with Crippen molar-refractivity contribution in [2.45, 2.75) is 63.2 Å². The van der Waals surface area contributed by atoms with Gasteiger partial charge in [-0.25, -0.2) is 4.98 Å². The Morgan fingerprint density at radius 1 is 0.938 bits per heavy atom. The number of para-hydroxylation sites is 1. The minimum absolute atomic E-state index is 0.291. The Morgan fingerprint density at radius 3 is 2.50 bits per heavy atom. The first kappa shape index (κ1) is 20.2. The number of likely N-dealkylation sites (N-methyl/N-ethyl adjacent to an activating group) is 1. The monoisotopic (exact) mass is 430 g/mol. The summed E-state index contributed by atoms with van der Waals surface area (Å²) in [6, 6.07) is 12.7. The average Bonchev–Trinajstić information content (AvgIpc) is 3.33. The van der Waals surface area contributed by atoms with Crippen LogP contribution in [0.3, 0.4) is 0 Å². The van der Waals surface area contributed by atoms with Gasteiger partial charge in [0.25, 0.3) is 0 Å². The summed E-state index contributed by atoms with van der Waals surface area (Å²) < 4.78 is 0. The Balaban J connectivity index is 1.34. The zero-order valence-corrected chi connectivity index (χ0v) is 19.5. The van der Waals surface area contributed by atoms with Crippen LogP contribution in [0.25, 0.3) is 11.0 Å². The van der Waals surface area contributed by atoms with Crippen LogP contribution in [-0.4, -0.2) is 64.0 Å². The van der Waals surface area contributed by atoms with Gasteiger partial charge >= 0.3 is 0 Å². The summed E-state index contributed by atoms with van der Waals surface area (Å²) in [6.07, 6.45) is 7.99. The number of piperidine rings is 1. The normalized spacial score (nSPS) is 29.2. The number of fused-ring (bicyclic) bond motifs is 3. The van der Waals surface area contributed by atoms with Crippen molar-refractivity contribution < 1.29 is 0 Å². The van der Waals surface area contributed by atoms with Gasteiger partial charge in [-0.15, -0.1) is 0 Å². The predicted octanol–water partition coefficient (Wildman–Crippen LogP) is 4.45. The molecule has 2 aromatic heterocycles. The molecule has 0 aliphatic carbocycles. The van der Waals surface area contributed by atoms with E-state index in [1.54, 1.807) is 0 Å².